The molecule has 0 unspecified atom stereocenters. The van der Waals surface area contributed by atoms with Gasteiger partial charge < -0.3 is 4.90 Å². The van der Waals surface area contributed by atoms with E-state index < -0.39 is 0 Å². The molecule has 4 rings (SSSR count). The topological polar surface area (TPSA) is 19.4 Å². The summed E-state index contributed by atoms with van der Waals surface area (Å²) in [5.74, 6) is 1.58. The van der Waals surface area contributed by atoms with E-state index in [0.29, 0.717) is 0 Å². The number of anilines is 1. The monoisotopic (exact) mass is 319 g/mol. The van der Waals surface area contributed by atoms with Gasteiger partial charge in [-0.05, 0) is 24.0 Å². The van der Waals surface area contributed by atoms with Crippen LogP contribution in [0.1, 0.15) is 5.01 Å². The summed E-state index contributed by atoms with van der Waals surface area (Å²) in [6.45, 7) is 5.69. The molecule has 0 aliphatic carbocycles. The van der Waals surface area contributed by atoms with Crippen molar-refractivity contribution in [2.45, 2.75) is 6.54 Å². The zero-order valence-corrected chi connectivity index (χ0v) is 13.4. The van der Waals surface area contributed by atoms with E-state index in [2.05, 4.69) is 45.1 Å². The van der Waals surface area contributed by atoms with Gasteiger partial charge in [0.25, 0.3) is 0 Å². The van der Waals surface area contributed by atoms with Crippen LogP contribution < -0.4 is 4.90 Å². The lowest BCUT2D eigenvalue weighted by Crippen LogP contribution is -2.28. The highest BCUT2D eigenvalue weighted by molar-refractivity contribution is 7.15. The van der Waals surface area contributed by atoms with Gasteiger partial charge in [-0.15, -0.1) is 11.3 Å². The number of aromatic nitrogens is 1. The van der Waals surface area contributed by atoms with E-state index in [9.17, 15) is 0 Å². The molecule has 2 fully saturated rings. The predicted octanol–water partition coefficient (Wildman–Crippen LogP) is 3.36. The van der Waals surface area contributed by atoms with Gasteiger partial charge in [-0.3, -0.25) is 4.90 Å². The van der Waals surface area contributed by atoms with Gasteiger partial charge in [-0.2, -0.15) is 0 Å². The van der Waals surface area contributed by atoms with Crippen LogP contribution in [0.2, 0.25) is 4.34 Å². The second-order valence-electron chi connectivity index (χ2n) is 6.01. The van der Waals surface area contributed by atoms with Crippen molar-refractivity contribution >= 4 is 28.6 Å². The summed E-state index contributed by atoms with van der Waals surface area (Å²) >= 11 is 7.56. The summed E-state index contributed by atoms with van der Waals surface area (Å²) in [5.41, 5.74) is 1.37. The van der Waals surface area contributed by atoms with Crippen molar-refractivity contribution < 1.29 is 0 Å². The van der Waals surface area contributed by atoms with Gasteiger partial charge in [-0.25, -0.2) is 4.98 Å². The molecule has 2 saturated heterocycles. The van der Waals surface area contributed by atoms with Crippen LogP contribution in [0.3, 0.4) is 0 Å². The smallest absolute Gasteiger partial charge is 0.113 e. The van der Waals surface area contributed by atoms with Crippen molar-refractivity contribution in [2.75, 3.05) is 31.1 Å². The molecule has 0 spiro atoms. The summed E-state index contributed by atoms with van der Waals surface area (Å²) in [6.07, 6.45) is 1.76. The Labute approximate surface area is 134 Å². The molecule has 2 aliphatic heterocycles. The zero-order chi connectivity index (χ0) is 14.2. The molecule has 0 N–H and O–H groups in total. The Hall–Kier alpha value is -1.10. The van der Waals surface area contributed by atoms with Crippen LogP contribution in [0.15, 0.2) is 36.5 Å². The Bertz CT molecular complexity index is 601. The number of halogens is 1. The maximum Gasteiger partial charge on any atom is 0.113 e. The van der Waals surface area contributed by atoms with Crippen LogP contribution in [0.5, 0.6) is 0 Å². The largest absolute Gasteiger partial charge is 0.371 e. The lowest BCUT2D eigenvalue weighted by atomic mass is 10.0. The SMILES string of the molecule is Clc1cnc(CN2C[C@@H]3CN(c4ccccc4)C[C@@H]3C2)s1. The number of hydrogen-bond acceptors (Lipinski definition) is 4. The molecule has 0 bridgehead atoms. The second-order valence-corrected chi connectivity index (χ2v) is 7.76. The summed E-state index contributed by atoms with van der Waals surface area (Å²) in [6, 6.07) is 10.8. The van der Waals surface area contributed by atoms with E-state index in [0.717, 1.165) is 27.7 Å². The average Bonchev–Trinajstić information content (AvgIpc) is 3.15. The average molecular weight is 320 g/mol. The maximum atomic E-state index is 5.96. The van der Waals surface area contributed by atoms with Crippen molar-refractivity contribution in [1.29, 1.82) is 0 Å². The van der Waals surface area contributed by atoms with E-state index >= 15 is 0 Å². The molecule has 0 saturated carbocycles. The van der Waals surface area contributed by atoms with Crippen molar-refractivity contribution in [3.05, 3.63) is 45.9 Å². The van der Waals surface area contributed by atoms with Gasteiger partial charge in [-0.1, -0.05) is 29.8 Å². The molecule has 3 heterocycles. The Kier molecular flexibility index (Phi) is 3.61. The van der Waals surface area contributed by atoms with Crippen molar-refractivity contribution in [3.8, 4) is 0 Å². The van der Waals surface area contributed by atoms with Crippen molar-refractivity contribution in [2.24, 2.45) is 11.8 Å². The first-order valence-corrected chi connectivity index (χ1v) is 8.60. The highest BCUT2D eigenvalue weighted by Crippen LogP contribution is 2.34. The number of likely N-dealkylation sites (tertiary alicyclic amines) is 1. The summed E-state index contributed by atoms with van der Waals surface area (Å²) in [7, 11) is 0. The van der Waals surface area contributed by atoms with Crippen LogP contribution in [0.4, 0.5) is 5.69 Å². The second kappa shape index (κ2) is 5.59. The van der Waals surface area contributed by atoms with Gasteiger partial charge in [0.15, 0.2) is 0 Å². The molecular weight excluding hydrogens is 302 g/mol. The Morgan fingerprint density at radius 3 is 2.43 bits per heavy atom. The van der Waals surface area contributed by atoms with Gasteiger partial charge in [0.05, 0.1) is 12.7 Å². The van der Waals surface area contributed by atoms with Crippen LogP contribution in [0, 0.1) is 11.8 Å². The third-order valence-electron chi connectivity index (χ3n) is 4.57. The van der Waals surface area contributed by atoms with Crippen LogP contribution in [-0.4, -0.2) is 36.1 Å². The number of nitrogens with zero attached hydrogens (tertiary/aromatic N) is 3. The molecule has 0 radical (unpaired) electrons. The fourth-order valence-corrected chi connectivity index (χ4v) is 4.62. The zero-order valence-electron chi connectivity index (χ0n) is 11.8. The number of rotatable bonds is 3. The third-order valence-corrected chi connectivity index (χ3v) is 5.67. The number of para-hydroxylation sites is 1. The minimum atomic E-state index is 0.791. The molecule has 21 heavy (non-hydrogen) atoms. The molecule has 0 amide bonds. The minimum Gasteiger partial charge on any atom is -0.371 e. The van der Waals surface area contributed by atoms with Crippen LogP contribution >= 0.6 is 22.9 Å². The molecule has 3 nitrogen and oxygen atoms in total. The number of benzene rings is 1. The van der Waals surface area contributed by atoms with Gasteiger partial charge >= 0.3 is 0 Å². The van der Waals surface area contributed by atoms with Crippen LogP contribution in [0.25, 0.3) is 0 Å². The Morgan fingerprint density at radius 2 is 1.81 bits per heavy atom. The fraction of sp³-hybridized carbons (Fsp3) is 0.438. The van der Waals surface area contributed by atoms with E-state index in [1.807, 2.05) is 0 Å². The van der Waals surface area contributed by atoms with Gasteiger partial charge in [0, 0.05) is 31.9 Å². The normalized spacial score (nSPS) is 25.5. The lowest BCUT2D eigenvalue weighted by molar-refractivity contribution is 0.308. The molecule has 1 aromatic carbocycles. The molecule has 110 valence electrons. The molecular formula is C16H18ClN3S. The maximum absolute atomic E-state index is 5.96. The number of hydrogen-bond donors (Lipinski definition) is 0. The highest BCUT2D eigenvalue weighted by atomic mass is 35.5. The molecule has 1 aromatic heterocycles. The third kappa shape index (κ3) is 2.80. The summed E-state index contributed by atoms with van der Waals surface area (Å²) < 4.78 is 0.791. The van der Waals surface area contributed by atoms with E-state index in [1.165, 1.54) is 31.9 Å². The van der Waals surface area contributed by atoms with Gasteiger partial charge in [0.2, 0.25) is 0 Å². The van der Waals surface area contributed by atoms with Gasteiger partial charge in [0.1, 0.15) is 9.34 Å². The minimum absolute atomic E-state index is 0.791. The van der Waals surface area contributed by atoms with E-state index in [4.69, 9.17) is 11.6 Å². The van der Waals surface area contributed by atoms with E-state index in [-0.39, 0.29) is 0 Å². The standard InChI is InChI=1S/C16H18ClN3S/c17-15-6-18-16(21-15)11-19-7-12-9-20(10-13(12)8-19)14-4-2-1-3-5-14/h1-6,12-13H,7-11H2/t12-,13+. The molecule has 2 aromatic rings. The summed E-state index contributed by atoms with van der Waals surface area (Å²) in [4.78, 5) is 9.44. The van der Waals surface area contributed by atoms with E-state index in [1.54, 1.807) is 17.5 Å². The molecule has 5 heteroatoms. The Morgan fingerprint density at radius 1 is 1.10 bits per heavy atom. The Balaban J connectivity index is 1.37. The fourth-order valence-electron chi connectivity index (χ4n) is 3.62. The lowest BCUT2D eigenvalue weighted by Gasteiger charge is -2.22. The first kappa shape index (κ1) is 13.6. The highest BCUT2D eigenvalue weighted by Gasteiger charge is 2.40. The predicted molar refractivity (Wildman–Crippen MR) is 88.0 cm³/mol. The number of thiazole rings is 1. The molecule has 2 atom stereocenters. The first-order chi connectivity index (χ1) is 10.3. The quantitative estimate of drug-likeness (QED) is 0.864. The van der Waals surface area contributed by atoms with Crippen molar-refractivity contribution in [1.82, 2.24) is 9.88 Å². The summed E-state index contributed by atoms with van der Waals surface area (Å²) in [5, 5.41) is 1.14. The van der Waals surface area contributed by atoms with Crippen LogP contribution in [-0.2, 0) is 6.54 Å². The number of fused-ring (bicyclic) bond motifs is 1. The molecule has 2 aliphatic rings. The first-order valence-electron chi connectivity index (χ1n) is 7.40. The van der Waals surface area contributed by atoms with Crippen molar-refractivity contribution in [3.63, 3.8) is 0 Å².